The minimum atomic E-state index is 0.325. The van der Waals surface area contributed by atoms with Gasteiger partial charge in [0.05, 0.1) is 6.54 Å². The Labute approximate surface area is 188 Å². The Hall–Kier alpha value is -1.79. The number of anilines is 1. The van der Waals surface area contributed by atoms with E-state index in [4.69, 9.17) is 4.99 Å². The average Bonchev–Trinajstić information content (AvgIpc) is 2.79. The predicted octanol–water partition coefficient (Wildman–Crippen LogP) is 2.97. The number of benzene rings is 1. The largest absolute Gasteiger partial charge is 0.396 e. The van der Waals surface area contributed by atoms with E-state index in [0.29, 0.717) is 25.1 Å². The van der Waals surface area contributed by atoms with Crippen molar-refractivity contribution in [2.24, 2.45) is 10.9 Å². The second kappa shape index (κ2) is 10.7. The Morgan fingerprint density at radius 1 is 1.06 bits per heavy atom. The summed E-state index contributed by atoms with van der Waals surface area (Å²) in [6.07, 6.45) is 8.66. The van der Waals surface area contributed by atoms with E-state index >= 15 is 0 Å². The predicted molar refractivity (Wildman–Crippen MR) is 129 cm³/mol. The zero-order valence-electron chi connectivity index (χ0n) is 19.4. The highest BCUT2D eigenvalue weighted by molar-refractivity contribution is 5.80. The normalized spacial score (nSPS) is 27.9. The van der Waals surface area contributed by atoms with Gasteiger partial charge in [-0.2, -0.15) is 0 Å². The standard InChI is InChI=1S/C25H41N5O/c1-3-26-25(28-21-15-23-5-4-6-24(16-21)29(23)2)27-17-19-7-9-22(10-8-19)30-13-11-20(18-31)12-14-30/h7-10,20-21,23-24,31H,3-6,11-18H2,1-2H3,(H2,26,27,28). The van der Waals surface area contributed by atoms with Crippen LogP contribution < -0.4 is 15.5 Å². The van der Waals surface area contributed by atoms with Crippen molar-refractivity contribution in [3.8, 4) is 0 Å². The quantitative estimate of drug-likeness (QED) is 0.481. The first-order chi connectivity index (χ1) is 15.2. The van der Waals surface area contributed by atoms with Gasteiger partial charge in [-0.1, -0.05) is 18.6 Å². The molecule has 3 aliphatic rings. The van der Waals surface area contributed by atoms with Crippen LogP contribution in [0.3, 0.4) is 0 Å². The monoisotopic (exact) mass is 427 g/mol. The van der Waals surface area contributed by atoms with Crippen LogP contribution in [-0.4, -0.2) is 67.4 Å². The van der Waals surface area contributed by atoms with Crippen molar-refractivity contribution in [3.05, 3.63) is 29.8 Å². The summed E-state index contributed by atoms with van der Waals surface area (Å²) in [6, 6.07) is 10.8. The molecule has 6 heteroatoms. The van der Waals surface area contributed by atoms with Crippen molar-refractivity contribution in [2.75, 3.05) is 38.2 Å². The Kier molecular flexibility index (Phi) is 7.72. The topological polar surface area (TPSA) is 63.1 Å². The molecule has 1 aromatic carbocycles. The second-order valence-electron chi connectivity index (χ2n) is 9.69. The van der Waals surface area contributed by atoms with Gasteiger partial charge in [0.2, 0.25) is 0 Å². The number of aliphatic hydroxyl groups excluding tert-OH is 1. The molecule has 3 N–H and O–H groups in total. The molecule has 3 aliphatic heterocycles. The maximum Gasteiger partial charge on any atom is 0.191 e. The lowest BCUT2D eigenvalue weighted by atomic mass is 9.82. The number of rotatable bonds is 6. The van der Waals surface area contributed by atoms with E-state index in [9.17, 15) is 5.11 Å². The van der Waals surface area contributed by atoms with Crippen molar-refractivity contribution in [2.45, 2.75) is 76.5 Å². The molecule has 0 radical (unpaired) electrons. The summed E-state index contributed by atoms with van der Waals surface area (Å²) in [4.78, 5) is 9.94. The lowest BCUT2D eigenvalue weighted by molar-refractivity contribution is 0.0526. The van der Waals surface area contributed by atoms with Crippen LogP contribution in [0.1, 0.15) is 57.4 Å². The van der Waals surface area contributed by atoms with Crippen molar-refractivity contribution in [1.29, 1.82) is 0 Å². The fourth-order valence-corrected chi connectivity index (χ4v) is 5.60. The van der Waals surface area contributed by atoms with E-state index in [-0.39, 0.29) is 0 Å². The average molecular weight is 428 g/mol. The first-order valence-corrected chi connectivity index (χ1v) is 12.4. The van der Waals surface area contributed by atoms with Gasteiger partial charge in [0.25, 0.3) is 0 Å². The van der Waals surface area contributed by atoms with Gasteiger partial charge in [-0.3, -0.25) is 0 Å². The van der Waals surface area contributed by atoms with Gasteiger partial charge >= 0.3 is 0 Å². The fraction of sp³-hybridized carbons (Fsp3) is 0.720. The number of fused-ring (bicyclic) bond motifs is 2. The van der Waals surface area contributed by atoms with Crippen LogP contribution in [-0.2, 0) is 6.54 Å². The van der Waals surface area contributed by atoms with E-state index in [1.165, 1.54) is 43.4 Å². The summed E-state index contributed by atoms with van der Waals surface area (Å²) >= 11 is 0. The van der Waals surface area contributed by atoms with Crippen molar-refractivity contribution >= 4 is 11.6 Å². The summed E-state index contributed by atoms with van der Waals surface area (Å²) < 4.78 is 0. The number of hydrogen-bond donors (Lipinski definition) is 3. The summed E-state index contributed by atoms with van der Waals surface area (Å²) in [5.41, 5.74) is 2.53. The van der Waals surface area contributed by atoms with Crippen molar-refractivity contribution < 1.29 is 5.11 Å². The third kappa shape index (κ3) is 5.72. The van der Waals surface area contributed by atoms with Crippen LogP contribution in [0.5, 0.6) is 0 Å². The van der Waals surface area contributed by atoms with Crippen molar-refractivity contribution in [3.63, 3.8) is 0 Å². The van der Waals surface area contributed by atoms with Crippen LogP contribution in [0.15, 0.2) is 29.3 Å². The van der Waals surface area contributed by atoms with Gasteiger partial charge in [0.1, 0.15) is 0 Å². The highest BCUT2D eigenvalue weighted by Crippen LogP contribution is 2.32. The Morgan fingerprint density at radius 2 is 1.74 bits per heavy atom. The third-order valence-electron chi connectivity index (χ3n) is 7.62. The first-order valence-electron chi connectivity index (χ1n) is 12.4. The molecule has 3 heterocycles. The van der Waals surface area contributed by atoms with Gasteiger partial charge in [-0.05, 0) is 76.1 Å². The van der Waals surface area contributed by atoms with E-state index in [0.717, 1.165) is 50.5 Å². The second-order valence-corrected chi connectivity index (χ2v) is 9.69. The smallest absolute Gasteiger partial charge is 0.191 e. The van der Waals surface area contributed by atoms with Gasteiger partial charge < -0.3 is 25.5 Å². The zero-order chi connectivity index (χ0) is 21.6. The third-order valence-corrected chi connectivity index (χ3v) is 7.62. The Bertz CT molecular complexity index is 699. The van der Waals surface area contributed by atoms with E-state index in [1.54, 1.807) is 0 Å². The lowest BCUT2D eigenvalue weighted by Crippen LogP contribution is -2.56. The number of nitrogens with zero attached hydrogens (tertiary/aromatic N) is 3. The van der Waals surface area contributed by atoms with Gasteiger partial charge in [-0.25, -0.2) is 4.99 Å². The summed E-state index contributed by atoms with van der Waals surface area (Å²) in [5, 5.41) is 16.5. The minimum absolute atomic E-state index is 0.325. The molecule has 0 saturated carbocycles. The van der Waals surface area contributed by atoms with Gasteiger partial charge in [0, 0.05) is 50.1 Å². The molecule has 2 atom stereocenters. The van der Waals surface area contributed by atoms with Crippen molar-refractivity contribution in [1.82, 2.24) is 15.5 Å². The summed E-state index contributed by atoms with van der Waals surface area (Å²) in [7, 11) is 2.31. The molecule has 0 spiro atoms. The Morgan fingerprint density at radius 3 is 2.35 bits per heavy atom. The lowest BCUT2D eigenvalue weighted by Gasteiger charge is -2.47. The highest BCUT2D eigenvalue weighted by Gasteiger charge is 2.36. The van der Waals surface area contributed by atoms with Crippen LogP contribution >= 0.6 is 0 Å². The van der Waals surface area contributed by atoms with Gasteiger partial charge in [-0.15, -0.1) is 0 Å². The number of aliphatic hydroxyl groups is 1. The molecular weight excluding hydrogens is 386 g/mol. The fourth-order valence-electron chi connectivity index (χ4n) is 5.60. The summed E-state index contributed by atoms with van der Waals surface area (Å²) in [5.74, 6) is 1.43. The molecular formula is C25H41N5O. The molecule has 31 heavy (non-hydrogen) atoms. The molecule has 0 aromatic heterocycles. The maximum absolute atomic E-state index is 9.34. The molecule has 3 saturated heterocycles. The molecule has 6 nitrogen and oxygen atoms in total. The Balaban J connectivity index is 1.32. The van der Waals surface area contributed by atoms with Crippen LogP contribution in [0, 0.1) is 5.92 Å². The molecule has 1 aromatic rings. The first kappa shape index (κ1) is 22.4. The number of aliphatic imine (C=N–C) groups is 1. The molecule has 0 amide bonds. The number of piperidine rings is 3. The minimum Gasteiger partial charge on any atom is -0.396 e. The molecule has 0 aliphatic carbocycles. The van der Waals surface area contributed by atoms with Gasteiger partial charge in [0.15, 0.2) is 5.96 Å². The van der Waals surface area contributed by atoms with Crippen LogP contribution in [0.4, 0.5) is 5.69 Å². The number of hydrogen-bond acceptors (Lipinski definition) is 4. The van der Waals surface area contributed by atoms with Crippen LogP contribution in [0.2, 0.25) is 0 Å². The number of guanidine groups is 1. The molecule has 4 rings (SSSR count). The highest BCUT2D eigenvalue weighted by atomic mass is 16.3. The molecule has 2 bridgehead atoms. The van der Waals surface area contributed by atoms with E-state index in [2.05, 4.69) is 58.7 Å². The molecule has 2 unspecified atom stereocenters. The van der Waals surface area contributed by atoms with E-state index in [1.807, 2.05) is 0 Å². The number of nitrogens with one attached hydrogen (secondary N) is 2. The summed E-state index contributed by atoms with van der Waals surface area (Å²) in [6.45, 7) is 6.11. The van der Waals surface area contributed by atoms with E-state index < -0.39 is 0 Å². The SMILES string of the molecule is CCNC(=NCc1ccc(N2CCC(CO)CC2)cc1)NC1CC2CCCC(C1)N2C. The molecule has 172 valence electrons. The van der Waals surface area contributed by atoms with Crippen LogP contribution in [0.25, 0.3) is 0 Å². The maximum atomic E-state index is 9.34. The molecule has 3 fully saturated rings. The zero-order valence-corrected chi connectivity index (χ0v) is 19.4.